The summed E-state index contributed by atoms with van der Waals surface area (Å²) in [6, 6.07) is 13.2. The van der Waals surface area contributed by atoms with Gasteiger partial charge in [0, 0.05) is 12.1 Å². The first-order chi connectivity index (χ1) is 17.5. The fraction of sp³-hybridized carbons (Fsp3) is 0.429. The quantitative estimate of drug-likeness (QED) is 0.304. The fourth-order valence-corrected chi connectivity index (χ4v) is 4.74. The lowest BCUT2D eigenvalue weighted by Crippen LogP contribution is -2.59. The van der Waals surface area contributed by atoms with Gasteiger partial charge in [-0.1, -0.05) is 39.0 Å². The molecule has 3 atom stereocenters. The van der Waals surface area contributed by atoms with Crippen LogP contribution in [0.5, 0.6) is 11.5 Å². The molecule has 1 heterocycles. The minimum atomic E-state index is -1.56. The van der Waals surface area contributed by atoms with Gasteiger partial charge in [-0.05, 0) is 61.6 Å². The largest absolute Gasteiger partial charge is 0.465 e. The van der Waals surface area contributed by atoms with Crippen molar-refractivity contribution in [3.05, 3.63) is 60.2 Å². The van der Waals surface area contributed by atoms with Crippen molar-refractivity contribution in [1.82, 2.24) is 10.2 Å². The Bertz CT molecular complexity index is 1110. The molecule has 0 radical (unpaired) electrons. The Morgan fingerprint density at radius 2 is 1.65 bits per heavy atom. The molecule has 9 nitrogen and oxygen atoms in total. The van der Waals surface area contributed by atoms with E-state index in [-0.39, 0.29) is 12.2 Å². The number of piperidine rings is 1. The van der Waals surface area contributed by atoms with E-state index in [1.165, 1.54) is 17.0 Å². The summed E-state index contributed by atoms with van der Waals surface area (Å²) in [7, 11) is 0. The normalized spacial score (nSPS) is 18.4. The van der Waals surface area contributed by atoms with Crippen LogP contribution in [-0.4, -0.2) is 59.0 Å². The van der Waals surface area contributed by atoms with Crippen molar-refractivity contribution < 1.29 is 33.8 Å². The van der Waals surface area contributed by atoms with Gasteiger partial charge in [-0.15, -0.1) is 0 Å². The molecule has 37 heavy (non-hydrogen) atoms. The second-order valence-electron chi connectivity index (χ2n) is 10.0. The first kappa shape index (κ1) is 27.7. The number of ether oxygens (including phenoxy) is 2. The van der Waals surface area contributed by atoms with Gasteiger partial charge in [-0.25, -0.2) is 9.59 Å². The van der Waals surface area contributed by atoms with Crippen LogP contribution < -0.4 is 10.1 Å². The molecular weight excluding hydrogens is 476 g/mol. The number of carboxylic acid groups (broad SMARTS) is 1. The van der Waals surface area contributed by atoms with Gasteiger partial charge >= 0.3 is 12.1 Å². The Morgan fingerprint density at radius 1 is 1.03 bits per heavy atom. The number of amides is 2. The summed E-state index contributed by atoms with van der Waals surface area (Å²) in [6.07, 6.45) is -0.168. The number of esters is 1. The Kier molecular flexibility index (Phi) is 8.91. The number of rotatable bonds is 8. The van der Waals surface area contributed by atoms with Crippen LogP contribution in [0.2, 0.25) is 0 Å². The van der Waals surface area contributed by atoms with Gasteiger partial charge in [0.1, 0.15) is 11.5 Å². The number of ketones is 1. The highest BCUT2D eigenvalue weighted by atomic mass is 16.5. The highest BCUT2D eigenvalue weighted by Crippen LogP contribution is 2.36. The molecule has 2 aromatic rings. The first-order valence-corrected chi connectivity index (χ1v) is 12.4. The number of para-hydroxylation sites is 1. The Labute approximate surface area is 216 Å². The number of likely N-dealkylation sites (tertiary alicyclic amines) is 1. The van der Waals surface area contributed by atoms with Crippen LogP contribution in [0.1, 0.15) is 50.9 Å². The van der Waals surface area contributed by atoms with Crippen molar-refractivity contribution in [2.75, 3.05) is 13.2 Å². The number of carbonyl (C=O) groups excluding carboxylic acids is 3. The summed E-state index contributed by atoms with van der Waals surface area (Å²) in [4.78, 5) is 52.7. The SMILES string of the molecule is CCOC(=O)C(NC(=O)C1CCCN(C(=O)O)C1C(C)(C)C)C(=O)c1ccc(Oc2ccccc2)cc1. The van der Waals surface area contributed by atoms with Gasteiger partial charge in [-0.3, -0.25) is 9.59 Å². The van der Waals surface area contributed by atoms with Gasteiger partial charge in [-0.2, -0.15) is 0 Å². The molecule has 198 valence electrons. The molecule has 0 aliphatic carbocycles. The molecule has 2 N–H and O–H groups in total. The molecule has 2 aromatic carbocycles. The third-order valence-corrected chi connectivity index (χ3v) is 6.29. The summed E-state index contributed by atoms with van der Waals surface area (Å²) in [5.41, 5.74) is -0.347. The lowest BCUT2D eigenvalue weighted by atomic mass is 9.73. The van der Waals surface area contributed by atoms with Crippen molar-refractivity contribution in [3.63, 3.8) is 0 Å². The maximum absolute atomic E-state index is 13.4. The van der Waals surface area contributed by atoms with Crippen molar-refractivity contribution in [3.8, 4) is 11.5 Å². The van der Waals surface area contributed by atoms with E-state index in [0.29, 0.717) is 30.9 Å². The molecule has 0 saturated carbocycles. The second kappa shape index (κ2) is 11.9. The first-order valence-electron chi connectivity index (χ1n) is 12.4. The molecule has 0 spiro atoms. The van der Waals surface area contributed by atoms with Gasteiger partial charge in [0.05, 0.1) is 18.6 Å². The summed E-state index contributed by atoms with van der Waals surface area (Å²) in [5, 5.41) is 12.3. The maximum atomic E-state index is 13.4. The number of benzene rings is 2. The van der Waals surface area contributed by atoms with Crippen molar-refractivity contribution in [2.45, 2.75) is 52.6 Å². The zero-order valence-corrected chi connectivity index (χ0v) is 21.6. The van der Waals surface area contributed by atoms with E-state index in [2.05, 4.69) is 5.32 Å². The van der Waals surface area contributed by atoms with E-state index >= 15 is 0 Å². The van der Waals surface area contributed by atoms with Crippen molar-refractivity contribution >= 4 is 23.8 Å². The van der Waals surface area contributed by atoms with Gasteiger partial charge in [0.25, 0.3) is 0 Å². The zero-order valence-electron chi connectivity index (χ0n) is 21.6. The summed E-state index contributed by atoms with van der Waals surface area (Å²) < 4.78 is 10.8. The number of hydrogen-bond donors (Lipinski definition) is 2. The molecule has 1 aliphatic rings. The Hall–Kier alpha value is -3.88. The minimum absolute atomic E-state index is 0.0309. The van der Waals surface area contributed by atoms with E-state index in [0.717, 1.165) is 0 Å². The van der Waals surface area contributed by atoms with Crippen molar-refractivity contribution in [1.29, 1.82) is 0 Å². The van der Waals surface area contributed by atoms with Crippen LogP contribution in [0.25, 0.3) is 0 Å². The smallest absolute Gasteiger partial charge is 0.407 e. The average Bonchev–Trinajstić information content (AvgIpc) is 2.87. The molecular formula is C28H34N2O7. The fourth-order valence-electron chi connectivity index (χ4n) is 4.74. The molecule has 1 fully saturated rings. The lowest BCUT2D eigenvalue weighted by Gasteiger charge is -2.46. The van der Waals surface area contributed by atoms with Crippen LogP contribution in [0.4, 0.5) is 4.79 Å². The van der Waals surface area contributed by atoms with E-state index in [4.69, 9.17) is 9.47 Å². The minimum Gasteiger partial charge on any atom is -0.465 e. The number of nitrogens with one attached hydrogen (secondary N) is 1. The summed E-state index contributed by atoms with van der Waals surface area (Å²) in [5.74, 6) is -1.64. The number of carbonyl (C=O) groups is 4. The molecule has 1 saturated heterocycles. The predicted molar refractivity (Wildman–Crippen MR) is 137 cm³/mol. The van der Waals surface area contributed by atoms with E-state index in [9.17, 15) is 24.3 Å². The number of hydrogen-bond acceptors (Lipinski definition) is 6. The number of nitrogens with zero attached hydrogens (tertiary/aromatic N) is 1. The van der Waals surface area contributed by atoms with Gasteiger partial charge < -0.3 is 24.8 Å². The van der Waals surface area contributed by atoms with E-state index in [1.54, 1.807) is 31.2 Å². The highest BCUT2D eigenvalue weighted by Gasteiger charge is 2.46. The average molecular weight is 511 g/mol. The molecule has 1 aliphatic heterocycles. The predicted octanol–water partition coefficient (Wildman–Crippen LogP) is 4.51. The van der Waals surface area contributed by atoms with E-state index in [1.807, 2.05) is 39.0 Å². The van der Waals surface area contributed by atoms with Crippen LogP contribution in [0, 0.1) is 11.3 Å². The molecule has 0 aromatic heterocycles. The topological polar surface area (TPSA) is 122 Å². The maximum Gasteiger partial charge on any atom is 0.407 e. The molecule has 9 heteroatoms. The Morgan fingerprint density at radius 3 is 2.22 bits per heavy atom. The van der Waals surface area contributed by atoms with Gasteiger partial charge in [0.2, 0.25) is 5.91 Å². The third-order valence-electron chi connectivity index (χ3n) is 6.29. The highest BCUT2D eigenvalue weighted by molar-refractivity contribution is 6.13. The molecule has 3 unspecified atom stereocenters. The molecule has 0 bridgehead atoms. The summed E-state index contributed by atoms with van der Waals surface area (Å²) in [6.45, 7) is 7.56. The van der Waals surface area contributed by atoms with Crippen LogP contribution in [-0.2, 0) is 14.3 Å². The molecule has 3 rings (SSSR count). The van der Waals surface area contributed by atoms with E-state index < -0.39 is 47.2 Å². The zero-order chi connectivity index (χ0) is 27.2. The third kappa shape index (κ3) is 6.87. The summed E-state index contributed by atoms with van der Waals surface area (Å²) >= 11 is 0. The number of Topliss-reactive ketones (excluding diaryl/α,β-unsaturated/α-hetero) is 1. The van der Waals surface area contributed by atoms with Crippen LogP contribution >= 0.6 is 0 Å². The molecule has 2 amide bonds. The van der Waals surface area contributed by atoms with Crippen LogP contribution in [0.3, 0.4) is 0 Å². The second-order valence-corrected chi connectivity index (χ2v) is 10.0. The lowest BCUT2D eigenvalue weighted by molar-refractivity contribution is -0.147. The van der Waals surface area contributed by atoms with Crippen molar-refractivity contribution in [2.24, 2.45) is 11.3 Å². The Balaban J connectivity index is 1.82. The van der Waals surface area contributed by atoms with Gasteiger partial charge in [0.15, 0.2) is 11.8 Å². The van der Waals surface area contributed by atoms with Crippen LogP contribution in [0.15, 0.2) is 54.6 Å². The standard InChI is InChI=1S/C28H34N2O7/c1-5-36-26(33)22(23(31)18-13-15-20(16-14-18)37-19-10-7-6-8-11-19)29-25(32)21-12-9-17-30(27(34)35)24(21)28(2,3)4/h6-8,10-11,13-16,21-22,24H,5,9,12,17H2,1-4H3,(H,29,32)(H,34,35). The monoisotopic (exact) mass is 510 g/mol.